The summed E-state index contributed by atoms with van der Waals surface area (Å²) in [6.45, 7) is 0.761. The van der Waals surface area contributed by atoms with Crippen LogP contribution in [0.5, 0.6) is 0 Å². The third-order valence-electron chi connectivity index (χ3n) is 5.91. The number of nitrogens with zero attached hydrogens (tertiary/aromatic N) is 8. The van der Waals surface area contributed by atoms with E-state index in [1.807, 2.05) is 11.0 Å². The number of carbonyl (C=O) groups is 1. The second-order valence-corrected chi connectivity index (χ2v) is 8.78. The Balaban J connectivity index is 1.44. The largest absolute Gasteiger partial charge is 0.367 e. The molecule has 11 nitrogen and oxygen atoms in total. The second kappa shape index (κ2) is 9.43. The van der Waals surface area contributed by atoms with Crippen LogP contribution in [0, 0.1) is 22.7 Å². The van der Waals surface area contributed by atoms with Crippen molar-refractivity contribution >= 4 is 46.6 Å². The van der Waals surface area contributed by atoms with Gasteiger partial charge in [0.25, 0.3) is 5.91 Å². The number of carbonyl (C=O) groups excluding carboxylic acids is 1. The molecule has 5 rings (SSSR count). The molecule has 0 atom stereocenters. The summed E-state index contributed by atoms with van der Waals surface area (Å²) in [6.07, 6.45) is 0.505. The van der Waals surface area contributed by atoms with Crippen LogP contribution in [0.3, 0.4) is 0 Å². The molecule has 1 aliphatic heterocycles. The molecule has 1 aliphatic carbocycles. The van der Waals surface area contributed by atoms with Gasteiger partial charge < -0.3 is 20.4 Å². The van der Waals surface area contributed by atoms with Gasteiger partial charge in [0, 0.05) is 32.2 Å². The first-order chi connectivity index (χ1) is 17.4. The Morgan fingerprint density at radius 3 is 2.50 bits per heavy atom. The molecule has 0 radical (unpaired) electrons. The van der Waals surface area contributed by atoms with Gasteiger partial charge in [0.2, 0.25) is 17.7 Å². The smallest absolute Gasteiger partial charge is 0.315 e. The molecule has 2 aliphatic rings. The third kappa shape index (κ3) is 4.65. The highest BCUT2D eigenvalue weighted by molar-refractivity contribution is 6.36. The molecular formula is C22H19ClF2N10O. The van der Waals surface area contributed by atoms with E-state index in [-0.39, 0.29) is 54.7 Å². The maximum absolute atomic E-state index is 12.8. The number of aromatic nitrogens is 4. The van der Waals surface area contributed by atoms with Gasteiger partial charge in [-0.3, -0.25) is 9.20 Å². The quantitative estimate of drug-likeness (QED) is 0.510. The van der Waals surface area contributed by atoms with Gasteiger partial charge in [-0.1, -0.05) is 11.6 Å². The number of amides is 1. The topological polar surface area (TPSA) is 138 Å². The standard InChI is InChI=1S/C22H19ClF2N10O/c23-17-15(7-12(9-26)8-16(17)33-3-5-34(6-4-33)19(36)18(24)25)30-20-31-21(28-13-1-2-13)35-11-14(10-27)29-22(35)32-20/h7-8,11,13,18H,1-6H2,(H2,28,29,30,31,32). The van der Waals surface area contributed by atoms with E-state index in [1.165, 1.54) is 0 Å². The second-order valence-electron chi connectivity index (χ2n) is 8.40. The zero-order valence-corrected chi connectivity index (χ0v) is 19.5. The number of rotatable bonds is 6. The number of nitriles is 2. The van der Waals surface area contributed by atoms with E-state index in [0.29, 0.717) is 22.9 Å². The average Bonchev–Trinajstić information content (AvgIpc) is 3.60. The summed E-state index contributed by atoms with van der Waals surface area (Å²) in [5.74, 6) is -0.307. The Kier molecular flexibility index (Phi) is 6.16. The number of anilines is 4. The molecule has 1 saturated carbocycles. The maximum Gasteiger partial charge on any atom is 0.315 e. The molecule has 0 spiro atoms. The monoisotopic (exact) mass is 512 g/mol. The molecule has 1 saturated heterocycles. The van der Waals surface area contributed by atoms with Crippen LogP contribution in [0.25, 0.3) is 5.78 Å². The van der Waals surface area contributed by atoms with Crippen molar-refractivity contribution in [3.05, 3.63) is 34.6 Å². The summed E-state index contributed by atoms with van der Waals surface area (Å²) in [5.41, 5.74) is 1.39. The number of fused-ring (bicyclic) bond motifs is 1. The minimum Gasteiger partial charge on any atom is -0.367 e. The van der Waals surface area contributed by atoms with Crippen LogP contribution in [-0.4, -0.2) is 68.8 Å². The van der Waals surface area contributed by atoms with Gasteiger partial charge in [-0.2, -0.15) is 34.3 Å². The van der Waals surface area contributed by atoms with E-state index < -0.39 is 12.3 Å². The number of benzene rings is 1. The molecule has 2 aromatic heterocycles. The first-order valence-corrected chi connectivity index (χ1v) is 11.5. The first-order valence-electron chi connectivity index (χ1n) is 11.1. The van der Waals surface area contributed by atoms with E-state index in [9.17, 15) is 24.1 Å². The number of alkyl halides is 2. The van der Waals surface area contributed by atoms with Crippen LogP contribution in [0.4, 0.5) is 32.1 Å². The number of hydrogen-bond donors (Lipinski definition) is 2. The summed E-state index contributed by atoms with van der Waals surface area (Å²) in [5, 5.41) is 25.4. The highest BCUT2D eigenvalue weighted by atomic mass is 35.5. The highest BCUT2D eigenvalue weighted by Crippen LogP contribution is 2.36. The highest BCUT2D eigenvalue weighted by Gasteiger charge is 2.28. The Morgan fingerprint density at radius 2 is 1.86 bits per heavy atom. The van der Waals surface area contributed by atoms with Crippen molar-refractivity contribution < 1.29 is 13.6 Å². The fraction of sp³-hybridized carbons (Fsp3) is 0.364. The lowest BCUT2D eigenvalue weighted by molar-refractivity contribution is -0.143. The lowest BCUT2D eigenvalue weighted by Crippen LogP contribution is -2.50. The van der Waals surface area contributed by atoms with Crippen molar-refractivity contribution in [1.82, 2.24) is 24.3 Å². The summed E-state index contributed by atoms with van der Waals surface area (Å²) in [7, 11) is 0. The van der Waals surface area contributed by atoms with Crippen molar-refractivity contribution in [2.75, 3.05) is 41.7 Å². The fourth-order valence-corrected chi connectivity index (χ4v) is 4.20. The van der Waals surface area contributed by atoms with Crippen LogP contribution in [0.15, 0.2) is 18.3 Å². The molecule has 0 bridgehead atoms. The maximum atomic E-state index is 12.8. The van der Waals surface area contributed by atoms with Crippen LogP contribution < -0.4 is 15.5 Å². The van der Waals surface area contributed by atoms with Crippen molar-refractivity contribution in [2.45, 2.75) is 25.3 Å². The summed E-state index contributed by atoms with van der Waals surface area (Å²) < 4.78 is 27.1. The molecule has 36 heavy (non-hydrogen) atoms. The third-order valence-corrected chi connectivity index (χ3v) is 6.30. The Labute approximate surface area is 208 Å². The van der Waals surface area contributed by atoms with Gasteiger partial charge in [-0.25, -0.2) is 0 Å². The van der Waals surface area contributed by atoms with Gasteiger partial charge in [-0.05, 0) is 25.0 Å². The van der Waals surface area contributed by atoms with Crippen molar-refractivity contribution in [1.29, 1.82) is 10.5 Å². The van der Waals surface area contributed by atoms with E-state index in [1.54, 1.807) is 22.7 Å². The van der Waals surface area contributed by atoms with Crippen molar-refractivity contribution in [3.8, 4) is 12.1 Å². The summed E-state index contributed by atoms with van der Waals surface area (Å²) >= 11 is 6.70. The first kappa shape index (κ1) is 23.5. The van der Waals surface area contributed by atoms with Crippen LogP contribution in [-0.2, 0) is 4.79 Å². The van der Waals surface area contributed by atoms with Gasteiger partial charge in [0.05, 0.1) is 34.2 Å². The predicted molar refractivity (Wildman–Crippen MR) is 126 cm³/mol. The predicted octanol–water partition coefficient (Wildman–Crippen LogP) is 2.75. The van der Waals surface area contributed by atoms with Gasteiger partial charge in [0.15, 0.2) is 5.69 Å². The molecule has 3 aromatic rings. The van der Waals surface area contributed by atoms with E-state index in [2.05, 4.69) is 31.7 Å². The van der Waals surface area contributed by atoms with Gasteiger partial charge in [-0.15, -0.1) is 0 Å². The molecule has 1 amide bonds. The van der Waals surface area contributed by atoms with Crippen LogP contribution in [0.1, 0.15) is 24.1 Å². The lowest BCUT2D eigenvalue weighted by Gasteiger charge is -2.36. The molecule has 2 N–H and O–H groups in total. The molecule has 1 aromatic carbocycles. The van der Waals surface area contributed by atoms with Gasteiger partial charge in [0.1, 0.15) is 6.07 Å². The Hall–Kier alpha value is -4.23. The minimum atomic E-state index is -3.05. The zero-order chi connectivity index (χ0) is 25.4. The minimum absolute atomic E-state index is 0.107. The lowest BCUT2D eigenvalue weighted by atomic mass is 10.1. The van der Waals surface area contributed by atoms with Gasteiger partial charge >= 0.3 is 6.43 Å². The molecule has 2 fully saturated rings. The molecule has 14 heteroatoms. The number of halogens is 3. The molecule has 0 unspecified atom stereocenters. The normalized spacial score (nSPS) is 15.6. The molecular weight excluding hydrogens is 494 g/mol. The average molecular weight is 513 g/mol. The molecule has 184 valence electrons. The number of piperazine rings is 1. The van der Waals surface area contributed by atoms with Crippen molar-refractivity contribution in [3.63, 3.8) is 0 Å². The number of nitrogens with one attached hydrogen (secondary N) is 2. The van der Waals surface area contributed by atoms with Crippen LogP contribution in [0.2, 0.25) is 5.02 Å². The number of imidazole rings is 1. The molecule has 3 heterocycles. The van der Waals surface area contributed by atoms with Crippen molar-refractivity contribution in [2.24, 2.45) is 0 Å². The van der Waals surface area contributed by atoms with E-state index >= 15 is 0 Å². The summed E-state index contributed by atoms with van der Waals surface area (Å²) in [4.78, 5) is 27.7. The van der Waals surface area contributed by atoms with E-state index in [0.717, 1.165) is 17.7 Å². The van der Waals surface area contributed by atoms with E-state index in [4.69, 9.17) is 11.6 Å². The Morgan fingerprint density at radius 1 is 1.11 bits per heavy atom. The Bertz CT molecular complexity index is 1420. The summed E-state index contributed by atoms with van der Waals surface area (Å²) in [6, 6.07) is 7.52. The SMILES string of the molecule is N#Cc1cc(Nc2nc(NC3CC3)n3cc(C#N)nc3n2)c(Cl)c(N2CCN(C(=O)C(F)F)CC2)c1. The number of hydrogen-bond acceptors (Lipinski definition) is 9. The van der Waals surface area contributed by atoms with Crippen LogP contribution >= 0.6 is 11.6 Å². The fourth-order valence-electron chi connectivity index (χ4n) is 3.92. The zero-order valence-electron chi connectivity index (χ0n) is 18.7.